The molecule has 3 rings (SSSR count). The molecular formula is C20H27N3O2. The summed E-state index contributed by atoms with van der Waals surface area (Å²) in [6, 6.07) is 9.12. The molecule has 1 aliphatic carbocycles. The average molecular weight is 341 g/mol. The normalized spacial score (nSPS) is 19.4. The highest BCUT2D eigenvalue weighted by Crippen LogP contribution is 2.24. The second-order valence-electron chi connectivity index (χ2n) is 7.08. The van der Waals surface area contributed by atoms with E-state index in [2.05, 4.69) is 11.0 Å². The van der Waals surface area contributed by atoms with Crippen LogP contribution in [0, 0.1) is 17.2 Å². The van der Waals surface area contributed by atoms with Crippen molar-refractivity contribution < 1.29 is 9.53 Å². The Bertz CT molecular complexity index is 612. The van der Waals surface area contributed by atoms with E-state index in [0.717, 1.165) is 32.1 Å². The maximum absolute atomic E-state index is 12.4. The molecule has 5 nitrogen and oxygen atoms in total. The lowest BCUT2D eigenvalue weighted by molar-refractivity contribution is -0.135. The number of benzene rings is 1. The monoisotopic (exact) mass is 341 g/mol. The molecule has 1 saturated carbocycles. The third-order valence-corrected chi connectivity index (χ3v) is 5.32. The van der Waals surface area contributed by atoms with Gasteiger partial charge in [-0.05, 0) is 30.9 Å². The summed E-state index contributed by atoms with van der Waals surface area (Å²) in [7, 11) is 0. The van der Waals surface area contributed by atoms with Gasteiger partial charge in [0.05, 0.1) is 5.56 Å². The second-order valence-corrected chi connectivity index (χ2v) is 7.08. The van der Waals surface area contributed by atoms with E-state index in [1.165, 1.54) is 38.6 Å². The molecule has 1 amide bonds. The van der Waals surface area contributed by atoms with Crippen molar-refractivity contribution in [3.8, 4) is 11.8 Å². The molecule has 1 heterocycles. The molecule has 0 N–H and O–H groups in total. The lowest BCUT2D eigenvalue weighted by Gasteiger charge is -2.37. The third-order valence-electron chi connectivity index (χ3n) is 5.32. The molecule has 1 aromatic carbocycles. The Labute approximate surface area is 150 Å². The highest BCUT2D eigenvalue weighted by atomic mass is 16.5. The van der Waals surface area contributed by atoms with Gasteiger partial charge in [-0.3, -0.25) is 9.69 Å². The number of hydrogen-bond acceptors (Lipinski definition) is 4. The highest BCUT2D eigenvalue weighted by Gasteiger charge is 2.24. The summed E-state index contributed by atoms with van der Waals surface area (Å²) < 4.78 is 5.56. The maximum Gasteiger partial charge on any atom is 0.260 e. The number of nitrogens with zero attached hydrogens (tertiary/aromatic N) is 3. The maximum atomic E-state index is 12.4. The van der Waals surface area contributed by atoms with Crippen LogP contribution >= 0.6 is 0 Å². The lowest BCUT2D eigenvalue weighted by atomic mass is 9.89. The molecule has 25 heavy (non-hydrogen) atoms. The molecule has 1 aromatic rings. The Morgan fingerprint density at radius 3 is 2.56 bits per heavy atom. The number of piperazine rings is 1. The van der Waals surface area contributed by atoms with Gasteiger partial charge in [0.2, 0.25) is 0 Å². The minimum absolute atomic E-state index is 0.00131. The predicted octanol–water partition coefficient (Wildman–Crippen LogP) is 2.66. The molecule has 2 aliphatic rings. The van der Waals surface area contributed by atoms with Crippen LogP contribution in [0.25, 0.3) is 0 Å². The van der Waals surface area contributed by atoms with E-state index in [1.54, 1.807) is 18.2 Å². The van der Waals surface area contributed by atoms with Crippen molar-refractivity contribution in [2.45, 2.75) is 32.1 Å². The van der Waals surface area contributed by atoms with Crippen LogP contribution in [-0.4, -0.2) is 55.0 Å². The quantitative estimate of drug-likeness (QED) is 0.826. The van der Waals surface area contributed by atoms with Crippen LogP contribution in [0.3, 0.4) is 0 Å². The fourth-order valence-corrected chi connectivity index (χ4v) is 3.83. The van der Waals surface area contributed by atoms with Gasteiger partial charge in [-0.1, -0.05) is 31.4 Å². The minimum atomic E-state index is 0.00131. The number of amides is 1. The number of nitriles is 1. The summed E-state index contributed by atoms with van der Waals surface area (Å²) in [5, 5.41) is 9.07. The first-order valence-corrected chi connectivity index (χ1v) is 9.38. The first-order valence-electron chi connectivity index (χ1n) is 9.38. The van der Waals surface area contributed by atoms with E-state index in [0.29, 0.717) is 11.3 Å². The molecule has 2 fully saturated rings. The molecule has 0 atom stereocenters. The van der Waals surface area contributed by atoms with Crippen LogP contribution in [0.1, 0.15) is 37.7 Å². The molecule has 1 aliphatic heterocycles. The number of rotatable bonds is 5. The Morgan fingerprint density at radius 2 is 1.84 bits per heavy atom. The summed E-state index contributed by atoms with van der Waals surface area (Å²) in [5.74, 6) is 1.33. The van der Waals surface area contributed by atoms with E-state index in [1.807, 2.05) is 11.0 Å². The van der Waals surface area contributed by atoms with Gasteiger partial charge >= 0.3 is 0 Å². The van der Waals surface area contributed by atoms with E-state index < -0.39 is 0 Å². The van der Waals surface area contributed by atoms with Gasteiger partial charge in [-0.2, -0.15) is 5.26 Å². The van der Waals surface area contributed by atoms with Crippen molar-refractivity contribution in [3.63, 3.8) is 0 Å². The van der Waals surface area contributed by atoms with Gasteiger partial charge in [0.25, 0.3) is 5.91 Å². The first kappa shape index (κ1) is 17.8. The Hall–Kier alpha value is -2.06. The van der Waals surface area contributed by atoms with Crippen LogP contribution in [0.15, 0.2) is 24.3 Å². The second kappa shape index (κ2) is 8.87. The van der Waals surface area contributed by atoms with Gasteiger partial charge < -0.3 is 9.64 Å². The zero-order valence-electron chi connectivity index (χ0n) is 14.8. The number of hydrogen-bond donors (Lipinski definition) is 0. The first-order chi connectivity index (χ1) is 12.3. The molecule has 0 spiro atoms. The summed E-state index contributed by atoms with van der Waals surface area (Å²) in [5.41, 5.74) is 0.465. The van der Waals surface area contributed by atoms with Crippen molar-refractivity contribution >= 4 is 5.91 Å². The van der Waals surface area contributed by atoms with Gasteiger partial charge in [0.1, 0.15) is 11.8 Å². The average Bonchev–Trinajstić information content (AvgIpc) is 2.67. The Balaban J connectivity index is 1.41. The summed E-state index contributed by atoms with van der Waals surface area (Å²) in [6.07, 6.45) is 6.89. The fraction of sp³-hybridized carbons (Fsp3) is 0.600. The third kappa shape index (κ3) is 4.96. The lowest BCUT2D eigenvalue weighted by Crippen LogP contribution is -2.51. The number of para-hydroxylation sites is 1. The van der Waals surface area contributed by atoms with E-state index in [9.17, 15) is 4.79 Å². The Morgan fingerprint density at radius 1 is 1.12 bits per heavy atom. The van der Waals surface area contributed by atoms with E-state index >= 15 is 0 Å². The molecule has 1 saturated heterocycles. The number of ether oxygens (including phenoxy) is 1. The molecule has 134 valence electrons. The van der Waals surface area contributed by atoms with E-state index in [-0.39, 0.29) is 12.5 Å². The fourth-order valence-electron chi connectivity index (χ4n) is 3.83. The van der Waals surface area contributed by atoms with Crippen LogP contribution in [-0.2, 0) is 4.79 Å². The van der Waals surface area contributed by atoms with Crippen LogP contribution < -0.4 is 4.74 Å². The van der Waals surface area contributed by atoms with Crippen LogP contribution in [0.2, 0.25) is 0 Å². The minimum Gasteiger partial charge on any atom is -0.482 e. The van der Waals surface area contributed by atoms with E-state index in [4.69, 9.17) is 10.00 Å². The molecular weight excluding hydrogens is 314 g/mol. The van der Waals surface area contributed by atoms with Gasteiger partial charge in [0, 0.05) is 32.7 Å². The zero-order valence-corrected chi connectivity index (χ0v) is 14.8. The molecule has 0 aromatic heterocycles. The van der Waals surface area contributed by atoms with Gasteiger partial charge in [-0.25, -0.2) is 0 Å². The van der Waals surface area contributed by atoms with Gasteiger partial charge in [0.15, 0.2) is 6.61 Å². The number of carbonyl (C=O) groups is 1. The van der Waals surface area contributed by atoms with Crippen molar-refractivity contribution in [2.24, 2.45) is 5.92 Å². The topological polar surface area (TPSA) is 56.6 Å². The number of carbonyl (C=O) groups excluding carboxylic acids is 1. The zero-order chi connectivity index (χ0) is 17.5. The largest absolute Gasteiger partial charge is 0.482 e. The Kier molecular flexibility index (Phi) is 6.30. The molecule has 0 radical (unpaired) electrons. The standard InChI is InChI=1S/C20H27N3O2/c21-14-18-8-4-5-9-19(18)25-16-20(24)23-12-10-22(11-13-23)15-17-6-2-1-3-7-17/h4-5,8-9,17H,1-3,6-7,10-13,15-16H2. The smallest absolute Gasteiger partial charge is 0.260 e. The molecule has 5 heteroatoms. The van der Waals surface area contributed by atoms with Crippen molar-refractivity contribution in [2.75, 3.05) is 39.3 Å². The van der Waals surface area contributed by atoms with Crippen LogP contribution in [0.5, 0.6) is 5.75 Å². The summed E-state index contributed by atoms with van der Waals surface area (Å²) in [6.45, 7) is 4.65. The van der Waals surface area contributed by atoms with Crippen molar-refractivity contribution in [1.29, 1.82) is 5.26 Å². The van der Waals surface area contributed by atoms with Gasteiger partial charge in [-0.15, -0.1) is 0 Å². The highest BCUT2D eigenvalue weighted by molar-refractivity contribution is 5.78. The predicted molar refractivity (Wildman–Crippen MR) is 96.2 cm³/mol. The van der Waals surface area contributed by atoms with Crippen molar-refractivity contribution in [1.82, 2.24) is 9.80 Å². The van der Waals surface area contributed by atoms with Crippen LogP contribution in [0.4, 0.5) is 0 Å². The SMILES string of the molecule is N#Cc1ccccc1OCC(=O)N1CCN(CC2CCCCC2)CC1. The summed E-state index contributed by atoms with van der Waals surface area (Å²) in [4.78, 5) is 16.8. The molecule has 0 bridgehead atoms. The summed E-state index contributed by atoms with van der Waals surface area (Å²) >= 11 is 0. The molecule has 0 unspecified atom stereocenters. The van der Waals surface area contributed by atoms with Crippen molar-refractivity contribution in [3.05, 3.63) is 29.8 Å².